The first-order valence-electron chi connectivity index (χ1n) is 7.70. The van der Waals surface area contributed by atoms with E-state index >= 15 is 0 Å². The maximum Gasteiger partial charge on any atom is 0.291 e. The maximum atomic E-state index is 12.6. The Balaban J connectivity index is 1.83. The number of furan rings is 1. The summed E-state index contributed by atoms with van der Waals surface area (Å²) in [6.45, 7) is 0.329. The molecule has 0 saturated carbocycles. The van der Waals surface area contributed by atoms with Gasteiger partial charge in [0.05, 0.1) is 22.5 Å². The summed E-state index contributed by atoms with van der Waals surface area (Å²) in [6.07, 6.45) is 1.38. The standard InChI is InChI=1S/C19H14Cl2N2O3/c20-13-9-14(18(24)22-11-12-5-2-1-3-6-12)17(15(21)10-13)23-19(25)16-7-4-8-26-16/h1-10H,11H2,(H,22,24)(H,23,25). The van der Waals surface area contributed by atoms with E-state index in [1.165, 1.54) is 24.5 Å². The quantitative estimate of drug-likeness (QED) is 0.661. The van der Waals surface area contributed by atoms with Crippen LogP contribution >= 0.6 is 23.2 Å². The van der Waals surface area contributed by atoms with Crippen LogP contribution in [0.15, 0.2) is 65.3 Å². The number of hydrogen-bond donors (Lipinski definition) is 2. The number of halogens is 2. The van der Waals surface area contributed by atoms with E-state index in [4.69, 9.17) is 27.6 Å². The van der Waals surface area contributed by atoms with Crippen molar-refractivity contribution in [3.05, 3.63) is 87.8 Å². The minimum absolute atomic E-state index is 0.103. The lowest BCUT2D eigenvalue weighted by Crippen LogP contribution is -2.25. The summed E-state index contributed by atoms with van der Waals surface area (Å²) in [7, 11) is 0. The summed E-state index contributed by atoms with van der Waals surface area (Å²) >= 11 is 12.2. The summed E-state index contributed by atoms with van der Waals surface area (Å²) in [5.74, 6) is -0.823. The monoisotopic (exact) mass is 388 g/mol. The number of nitrogens with one attached hydrogen (secondary N) is 2. The van der Waals surface area contributed by atoms with E-state index in [0.29, 0.717) is 6.54 Å². The zero-order valence-corrected chi connectivity index (χ0v) is 15.0. The Labute approximate surface area is 159 Å². The summed E-state index contributed by atoms with van der Waals surface area (Å²) in [5.41, 5.74) is 1.27. The molecule has 26 heavy (non-hydrogen) atoms. The number of amides is 2. The zero-order valence-electron chi connectivity index (χ0n) is 13.5. The Hall–Kier alpha value is -2.76. The lowest BCUT2D eigenvalue weighted by molar-refractivity contribution is 0.0952. The summed E-state index contributed by atoms with van der Waals surface area (Å²) < 4.78 is 5.06. The van der Waals surface area contributed by atoms with Crippen LogP contribution in [0.4, 0.5) is 5.69 Å². The van der Waals surface area contributed by atoms with Gasteiger partial charge in [-0.1, -0.05) is 53.5 Å². The minimum Gasteiger partial charge on any atom is -0.459 e. The van der Waals surface area contributed by atoms with Crippen molar-refractivity contribution in [2.24, 2.45) is 0 Å². The van der Waals surface area contributed by atoms with Gasteiger partial charge in [-0.15, -0.1) is 0 Å². The average molecular weight is 389 g/mol. The van der Waals surface area contributed by atoms with E-state index in [1.807, 2.05) is 30.3 Å². The van der Waals surface area contributed by atoms with Crippen molar-refractivity contribution in [2.45, 2.75) is 6.54 Å². The van der Waals surface area contributed by atoms with Gasteiger partial charge >= 0.3 is 0 Å². The highest BCUT2D eigenvalue weighted by Gasteiger charge is 2.19. The molecular weight excluding hydrogens is 375 g/mol. The predicted molar refractivity (Wildman–Crippen MR) is 101 cm³/mol. The fourth-order valence-electron chi connectivity index (χ4n) is 2.34. The van der Waals surface area contributed by atoms with Crippen molar-refractivity contribution in [3.8, 4) is 0 Å². The highest BCUT2D eigenvalue weighted by Crippen LogP contribution is 2.31. The third kappa shape index (κ3) is 4.25. The predicted octanol–water partition coefficient (Wildman–Crippen LogP) is 4.77. The third-order valence-corrected chi connectivity index (χ3v) is 4.10. The van der Waals surface area contributed by atoms with Crippen molar-refractivity contribution < 1.29 is 14.0 Å². The van der Waals surface area contributed by atoms with Crippen molar-refractivity contribution >= 4 is 40.7 Å². The maximum absolute atomic E-state index is 12.6. The molecular formula is C19H14Cl2N2O3. The number of carbonyl (C=O) groups excluding carboxylic acids is 2. The van der Waals surface area contributed by atoms with Crippen LogP contribution < -0.4 is 10.6 Å². The Morgan fingerprint density at radius 1 is 0.962 bits per heavy atom. The van der Waals surface area contributed by atoms with Gasteiger partial charge in [0.1, 0.15) is 0 Å². The van der Waals surface area contributed by atoms with Crippen LogP contribution in [0.1, 0.15) is 26.5 Å². The number of benzene rings is 2. The van der Waals surface area contributed by atoms with E-state index in [0.717, 1.165) is 5.56 Å². The second-order valence-corrected chi connectivity index (χ2v) is 6.25. The molecule has 1 heterocycles. The van der Waals surface area contributed by atoms with Crippen LogP contribution in [0.2, 0.25) is 10.0 Å². The fraction of sp³-hybridized carbons (Fsp3) is 0.0526. The molecule has 0 bridgehead atoms. The molecule has 0 aliphatic heterocycles. The highest BCUT2D eigenvalue weighted by atomic mass is 35.5. The molecule has 0 spiro atoms. The van der Waals surface area contributed by atoms with Gasteiger partial charge in [0.15, 0.2) is 5.76 Å². The van der Waals surface area contributed by atoms with Gasteiger partial charge in [-0.25, -0.2) is 0 Å². The number of rotatable bonds is 5. The molecule has 0 fully saturated rings. The summed E-state index contributed by atoms with van der Waals surface area (Å²) in [5, 5.41) is 5.83. The smallest absolute Gasteiger partial charge is 0.291 e. The number of carbonyl (C=O) groups is 2. The zero-order chi connectivity index (χ0) is 18.5. The molecule has 3 rings (SSSR count). The van der Waals surface area contributed by atoms with Crippen LogP contribution in [0.3, 0.4) is 0 Å². The van der Waals surface area contributed by atoms with Crippen molar-refractivity contribution in [1.82, 2.24) is 5.32 Å². The van der Waals surface area contributed by atoms with E-state index < -0.39 is 11.8 Å². The van der Waals surface area contributed by atoms with Crippen LogP contribution in [-0.2, 0) is 6.54 Å². The van der Waals surface area contributed by atoms with Crippen LogP contribution in [-0.4, -0.2) is 11.8 Å². The van der Waals surface area contributed by atoms with Gasteiger partial charge in [0.2, 0.25) is 0 Å². The minimum atomic E-state index is -0.517. The lowest BCUT2D eigenvalue weighted by Gasteiger charge is -2.13. The molecule has 0 unspecified atom stereocenters. The molecule has 0 radical (unpaired) electrons. The van der Waals surface area contributed by atoms with E-state index in [9.17, 15) is 9.59 Å². The number of hydrogen-bond acceptors (Lipinski definition) is 3. The number of anilines is 1. The largest absolute Gasteiger partial charge is 0.459 e. The van der Waals surface area contributed by atoms with E-state index in [1.54, 1.807) is 6.07 Å². The molecule has 0 saturated heterocycles. The molecule has 2 N–H and O–H groups in total. The third-order valence-electron chi connectivity index (χ3n) is 3.58. The second-order valence-electron chi connectivity index (χ2n) is 5.41. The first-order chi connectivity index (χ1) is 12.5. The average Bonchev–Trinajstić information content (AvgIpc) is 3.17. The van der Waals surface area contributed by atoms with Gasteiger partial charge in [-0.3, -0.25) is 9.59 Å². The Morgan fingerprint density at radius 2 is 1.73 bits per heavy atom. The topological polar surface area (TPSA) is 71.3 Å². The van der Waals surface area contributed by atoms with Crippen LogP contribution in [0, 0.1) is 0 Å². The molecule has 3 aromatic rings. The van der Waals surface area contributed by atoms with Gasteiger partial charge in [0, 0.05) is 11.6 Å². The Bertz CT molecular complexity index is 925. The fourth-order valence-corrected chi connectivity index (χ4v) is 2.88. The molecule has 0 aliphatic carbocycles. The van der Waals surface area contributed by atoms with Crippen molar-refractivity contribution in [1.29, 1.82) is 0 Å². The van der Waals surface area contributed by atoms with Gasteiger partial charge < -0.3 is 15.1 Å². The van der Waals surface area contributed by atoms with E-state index in [-0.39, 0.29) is 27.1 Å². The van der Waals surface area contributed by atoms with Gasteiger partial charge in [0.25, 0.3) is 11.8 Å². The molecule has 7 heteroatoms. The van der Waals surface area contributed by atoms with Crippen molar-refractivity contribution in [2.75, 3.05) is 5.32 Å². The van der Waals surface area contributed by atoms with Gasteiger partial charge in [-0.2, -0.15) is 0 Å². The van der Waals surface area contributed by atoms with E-state index in [2.05, 4.69) is 10.6 Å². The molecule has 1 aromatic heterocycles. The summed E-state index contributed by atoms with van der Waals surface area (Å²) in [4.78, 5) is 24.8. The first-order valence-corrected chi connectivity index (χ1v) is 8.46. The normalized spacial score (nSPS) is 10.4. The molecule has 0 atom stereocenters. The first kappa shape index (κ1) is 18.0. The van der Waals surface area contributed by atoms with Crippen LogP contribution in [0.25, 0.3) is 0 Å². The second kappa shape index (κ2) is 8.08. The molecule has 5 nitrogen and oxygen atoms in total. The molecule has 0 aliphatic rings. The Kier molecular flexibility index (Phi) is 5.61. The van der Waals surface area contributed by atoms with Crippen LogP contribution in [0.5, 0.6) is 0 Å². The molecule has 132 valence electrons. The highest BCUT2D eigenvalue weighted by molar-refractivity contribution is 6.38. The SMILES string of the molecule is O=C(Nc1c(Cl)cc(Cl)cc1C(=O)NCc1ccccc1)c1ccco1. The molecule has 2 aromatic carbocycles. The summed E-state index contributed by atoms with van der Waals surface area (Å²) in [6, 6.07) is 15.4. The molecule has 2 amide bonds. The Morgan fingerprint density at radius 3 is 2.42 bits per heavy atom. The van der Waals surface area contributed by atoms with Gasteiger partial charge in [-0.05, 0) is 29.8 Å². The van der Waals surface area contributed by atoms with Crippen molar-refractivity contribution in [3.63, 3.8) is 0 Å². The lowest BCUT2D eigenvalue weighted by atomic mass is 10.1.